The topological polar surface area (TPSA) is 78.7 Å². The molecule has 0 amide bonds. The second-order valence-corrected chi connectivity index (χ2v) is 11.5. The molecule has 3 aliphatic rings. The SMILES string of the molecule is Cc1cc(S(=O)(=O)N2CCC3(CCC(N4CCC(C)(O)CC4)C3)CC2)n(C)n1. The third-order valence-corrected chi connectivity index (χ3v) is 9.37. The van der Waals surface area contributed by atoms with Crippen LogP contribution in [0.2, 0.25) is 0 Å². The van der Waals surface area contributed by atoms with E-state index in [1.807, 2.05) is 13.8 Å². The van der Waals surface area contributed by atoms with Gasteiger partial charge in [0.15, 0.2) is 5.03 Å². The highest BCUT2D eigenvalue weighted by molar-refractivity contribution is 7.89. The first-order valence-electron chi connectivity index (χ1n) is 10.6. The van der Waals surface area contributed by atoms with Gasteiger partial charge in [-0.05, 0) is 70.3 Å². The minimum atomic E-state index is -3.47. The molecule has 0 aromatic carbocycles. The van der Waals surface area contributed by atoms with Crippen LogP contribution >= 0.6 is 0 Å². The molecule has 1 atom stereocenters. The average Bonchev–Trinajstić information content (AvgIpc) is 3.19. The predicted octanol–water partition coefficient (Wildman–Crippen LogP) is 1.90. The van der Waals surface area contributed by atoms with Crippen LogP contribution in [0, 0.1) is 12.3 Å². The maximum atomic E-state index is 13.0. The van der Waals surface area contributed by atoms with Gasteiger partial charge < -0.3 is 10.0 Å². The Kier molecular flexibility index (Phi) is 5.13. The summed E-state index contributed by atoms with van der Waals surface area (Å²) in [4.78, 5) is 2.56. The van der Waals surface area contributed by atoms with Gasteiger partial charge in [0.25, 0.3) is 10.0 Å². The van der Waals surface area contributed by atoms with Gasteiger partial charge in [-0.25, -0.2) is 8.42 Å². The van der Waals surface area contributed by atoms with Gasteiger partial charge in [-0.1, -0.05) is 0 Å². The van der Waals surface area contributed by atoms with Crippen molar-refractivity contribution >= 4 is 10.0 Å². The fourth-order valence-electron chi connectivity index (χ4n) is 5.47. The van der Waals surface area contributed by atoms with Crippen LogP contribution in [0.5, 0.6) is 0 Å². The fraction of sp³-hybridized carbons (Fsp3) is 0.850. The van der Waals surface area contributed by atoms with Crippen molar-refractivity contribution in [2.24, 2.45) is 12.5 Å². The molecule has 2 saturated heterocycles. The lowest BCUT2D eigenvalue weighted by atomic mass is 9.77. The number of hydrogen-bond donors (Lipinski definition) is 1. The van der Waals surface area contributed by atoms with Gasteiger partial charge in [0.2, 0.25) is 0 Å². The van der Waals surface area contributed by atoms with Crippen molar-refractivity contribution in [3.8, 4) is 0 Å². The zero-order chi connectivity index (χ0) is 20.2. The Bertz CT molecular complexity index is 815. The number of nitrogens with zero attached hydrogens (tertiary/aromatic N) is 4. The van der Waals surface area contributed by atoms with Crippen molar-refractivity contribution in [1.82, 2.24) is 19.0 Å². The molecule has 28 heavy (non-hydrogen) atoms. The Morgan fingerprint density at radius 3 is 2.32 bits per heavy atom. The van der Waals surface area contributed by atoms with Crippen molar-refractivity contribution in [2.75, 3.05) is 26.2 Å². The van der Waals surface area contributed by atoms with Crippen LogP contribution in [0.3, 0.4) is 0 Å². The summed E-state index contributed by atoms with van der Waals surface area (Å²) in [6, 6.07) is 2.26. The molecular weight excluding hydrogens is 376 g/mol. The minimum absolute atomic E-state index is 0.291. The predicted molar refractivity (Wildman–Crippen MR) is 107 cm³/mol. The van der Waals surface area contributed by atoms with E-state index in [0.717, 1.165) is 44.5 Å². The fourth-order valence-corrected chi connectivity index (χ4v) is 7.10. The number of likely N-dealkylation sites (tertiary alicyclic amines) is 1. The third kappa shape index (κ3) is 3.76. The summed E-state index contributed by atoms with van der Waals surface area (Å²) < 4.78 is 29.2. The second kappa shape index (κ2) is 7.07. The van der Waals surface area contributed by atoms with E-state index in [9.17, 15) is 13.5 Å². The summed E-state index contributed by atoms with van der Waals surface area (Å²) in [5, 5.41) is 14.7. The Morgan fingerprint density at radius 2 is 1.75 bits per heavy atom. The van der Waals surface area contributed by atoms with Gasteiger partial charge in [-0.15, -0.1) is 0 Å². The number of rotatable bonds is 3. The molecule has 3 fully saturated rings. The summed E-state index contributed by atoms with van der Waals surface area (Å²) in [6.07, 6.45) is 7.18. The molecule has 4 rings (SSSR count). The third-order valence-electron chi connectivity index (χ3n) is 7.41. The van der Waals surface area contributed by atoms with Gasteiger partial charge in [0.05, 0.1) is 11.3 Å². The zero-order valence-corrected chi connectivity index (χ0v) is 18.2. The van der Waals surface area contributed by atoms with Crippen molar-refractivity contribution in [2.45, 2.75) is 75.5 Å². The lowest BCUT2D eigenvalue weighted by Gasteiger charge is -2.41. The maximum absolute atomic E-state index is 13.0. The van der Waals surface area contributed by atoms with Crippen molar-refractivity contribution in [3.05, 3.63) is 11.8 Å². The summed E-state index contributed by atoms with van der Waals surface area (Å²) in [7, 11) is -1.77. The molecule has 7 nitrogen and oxygen atoms in total. The minimum Gasteiger partial charge on any atom is -0.390 e. The first kappa shape index (κ1) is 20.3. The molecule has 1 unspecified atom stereocenters. The normalized spacial score (nSPS) is 28.8. The van der Waals surface area contributed by atoms with E-state index in [4.69, 9.17) is 0 Å². The van der Waals surface area contributed by atoms with E-state index in [0.29, 0.717) is 29.6 Å². The summed E-state index contributed by atoms with van der Waals surface area (Å²) in [5.41, 5.74) is 0.518. The van der Waals surface area contributed by atoms with Crippen molar-refractivity contribution < 1.29 is 13.5 Å². The highest BCUT2D eigenvalue weighted by Gasteiger charge is 2.46. The van der Waals surface area contributed by atoms with E-state index < -0.39 is 15.6 Å². The Labute approximate surface area is 168 Å². The molecule has 1 aromatic heterocycles. The molecule has 1 aromatic rings. The Hall–Kier alpha value is -0.960. The van der Waals surface area contributed by atoms with Crippen LogP contribution in [0.1, 0.15) is 57.6 Å². The van der Waals surface area contributed by atoms with Gasteiger partial charge in [-0.3, -0.25) is 4.68 Å². The molecule has 1 N–H and O–H groups in total. The van der Waals surface area contributed by atoms with Gasteiger partial charge in [0, 0.05) is 39.3 Å². The number of piperidine rings is 2. The summed E-state index contributed by atoms with van der Waals surface area (Å²) in [5.74, 6) is 0. The molecule has 1 spiro atoms. The molecule has 8 heteroatoms. The van der Waals surface area contributed by atoms with Gasteiger partial charge in [0.1, 0.15) is 0 Å². The first-order valence-corrected chi connectivity index (χ1v) is 12.0. The van der Waals surface area contributed by atoms with Crippen LogP contribution in [0.4, 0.5) is 0 Å². The smallest absolute Gasteiger partial charge is 0.260 e. The van der Waals surface area contributed by atoms with Crippen molar-refractivity contribution in [1.29, 1.82) is 0 Å². The van der Waals surface area contributed by atoms with Crippen LogP contribution in [0.25, 0.3) is 0 Å². The number of aryl methyl sites for hydroxylation is 2. The lowest BCUT2D eigenvalue weighted by molar-refractivity contribution is -0.0176. The molecule has 1 aliphatic carbocycles. The second-order valence-electron chi connectivity index (χ2n) is 9.58. The molecule has 0 radical (unpaired) electrons. The first-order chi connectivity index (χ1) is 13.1. The summed E-state index contributed by atoms with van der Waals surface area (Å²) >= 11 is 0. The van der Waals surface area contributed by atoms with E-state index in [1.165, 1.54) is 23.9 Å². The van der Waals surface area contributed by atoms with Crippen LogP contribution in [0.15, 0.2) is 11.1 Å². The van der Waals surface area contributed by atoms with Crippen LogP contribution in [-0.4, -0.2) is 70.3 Å². The Balaban J connectivity index is 1.37. The Morgan fingerprint density at radius 1 is 1.11 bits per heavy atom. The molecule has 2 aliphatic heterocycles. The maximum Gasteiger partial charge on any atom is 0.260 e. The van der Waals surface area contributed by atoms with Crippen LogP contribution in [-0.2, 0) is 17.1 Å². The molecule has 1 saturated carbocycles. The molecular formula is C20H34N4O3S. The van der Waals surface area contributed by atoms with E-state index >= 15 is 0 Å². The highest BCUT2D eigenvalue weighted by atomic mass is 32.2. The highest BCUT2D eigenvalue weighted by Crippen LogP contribution is 2.48. The molecule has 3 heterocycles. The number of sulfonamides is 1. The van der Waals surface area contributed by atoms with E-state index in [-0.39, 0.29) is 0 Å². The molecule has 158 valence electrons. The monoisotopic (exact) mass is 410 g/mol. The van der Waals surface area contributed by atoms with E-state index in [1.54, 1.807) is 17.4 Å². The quantitative estimate of drug-likeness (QED) is 0.823. The lowest BCUT2D eigenvalue weighted by Crippen LogP contribution is -2.47. The zero-order valence-electron chi connectivity index (χ0n) is 17.4. The molecule has 0 bridgehead atoms. The summed E-state index contributed by atoms with van der Waals surface area (Å²) in [6.45, 7) is 6.94. The number of aliphatic hydroxyl groups is 1. The largest absolute Gasteiger partial charge is 0.390 e. The van der Waals surface area contributed by atoms with E-state index in [2.05, 4.69) is 10.00 Å². The van der Waals surface area contributed by atoms with Crippen LogP contribution < -0.4 is 0 Å². The standard InChI is InChI=1S/C20H34N4O3S/c1-16-14-18(22(3)21-16)28(26,27)24-12-8-20(9-13-24)5-4-17(15-20)23-10-6-19(2,25)7-11-23/h14,17,25H,4-13,15H2,1-3H3. The number of hydrogen-bond acceptors (Lipinski definition) is 5. The van der Waals surface area contributed by atoms with Gasteiger partial charge >= 0.3 is 0 Å². The van der Waals surface area contributed by atoms with Gasteiger partial charge in [-0.2, -0.15) is 9.40 Å². The number of aromatic nitrogens is 2. The average molecular weight is 411 g/mol. The van der Waals surface area contributed by atoms with Crippen molar-refractivity contribution in [3.63, 3.8) is 0 Å².